The minimum absolute atomic E-state index is 0.0288. The summed E-state index contributed by atoms with van der Waals surface area (Å²) in [5.74, 6) is -0.153. The number of hydrogen-bond donors (Lipinski definition) is 2. The van der Waals surface area contributed by atoms with Crippen LogP contribution in [0.4, 0.5) is 5.69 Å². The molecule has 88 valence electrons. The predicted molar refractivity (Wildman–Crippen MR) is 59.4 cm³/mol. The van der Waals surface area contributed by atoms with E-state index in [-0.39, 0.29) is 18.3 Å². The zero-order valence-electron chi connectivity index (χ0n) is 9.10. The second-order valence-electron chi connectivity index (χ2n) is 3.14. The van der Waals surface area contributed by atoms with Crippen LogP contribution in [0, 0.1) is 0 Å². The average Bonchev–Trinajstić information content (AvgIpc) is 2.24. The topological polar surface area (TPSA) is 67.8 Å². The van der Waals surface area contributed by atoms with Crippen LogP contribution in [0.3, 0.4) is 0 Å². The molecule has 5 nitrogen and oxygen atoms in total. The minimum Gasteiger partial charge on any atom is -0.508 e. The quantitative estimate of drug-likeness (QED) is 0.708. The standard InChI is InChI=1S/C11H15NO4/c1-15-5-6-16-8-11(14)12-9-3-2-4-10(13)7-9/h2-4,7,13H,5-6,8H2,1H3,(H,12,14). The van der Waals surface area contributed by atoms with Crippen LogP contribution in [0.2, 0.25) is 0 Å². The van der Waals surface area contributed by atoms with Gasteiger partial charge in [-0.2, -0.15) is 0 Å². The van der Waals surface area contributed by atoms with E-state index in [1.807, 2.05) is 0 Å². The third kappa shape index (κ3) is 4.77. The highest BCUT2D eigenvalue weighted by Gasteiger charge is 2.02. The van der Waals surface area contributed by atoms with Gasteiger partial charge in [-0.3, -0.25) is 4.79 Å². The second-order valence-corrected chi connectivity index (χ2v) is 3.14. The van der Waals surface area contributed by atoms with Crippen LogP contribution < -0.4 is 5.32 Å². The Morgan fingerprint density at radius 2 is 2.25 bits per heavy atom. The van der Waals surface area contributed by atoms with Gasteiger partial charge < -0.3 is 19.9 Å². The second kappa shape index (κ2) is 6.81. The highest BCUT2D eigenvalue weighted by molar-refractivity contribution is 5.91. The van der Waals surface area contributed by atoms with Gasteiger partial charge in [-0.05, 0) is 12.1 Å². The summed E-state index contributed by atoms with van der Waals surface area (Å²) in [7, 11) is 1.57. The van der Waals surface area contributed by atoms with Crippen molar-refractivity contribution < 1.29 is 19.4 Å². The summed E-state index contributed by atoms with van der Waals surface area (Å²) < 4.78 is 9.81. The van der Waals surface area contributed by atoms with E-state index >= 15 is 0 Å². The van der Waals surface area contributed by atoms with Crippen molar-refractivity contribution in [1.29, 1.82) is 0 Å². The van der Waals surface area contributed by atoms with E-state index in [0.717, 1.165) is 0 Å². The van der Waals surface area contributed by atoms with Gasteiger partial charge in [0.05, 0.1) is 13.2 Å². The zero-order chi connectivity index (χ0) is 11.8. The molecule has 0 aliphatic rings. The Kier molecular flexibility index (Phi) is 5.31. The van der Waals surface area contributed by atoms with E-state index in [0.29, 0.717) is 18.9 Å². The molecular formula is C11H15NO4. The summed E-state index contributed by atoms with van der Waals surface area (Å²) in [5, 5.41) is 11.8. The maximum atomic E-state index is 11.3. The van der Waals surface area contributed by atoms with Crippen molar-refractivity contribution in [2.45, 2.75) is 0 Å². The number of hydrogen-bond acceptors (Lipinski definition) is 4. The number of anilines is 1. The molecule has 1 amide bonds. The summed E-state index contributed by atoms with van der Waals surface area (Å²) in [6, 6.07) is 6.33. The van der Waals surface area contributed by atoms with Crippen molar-refractivity contribution in [3.63, 3.8) is 0 Å². The number of rotatable bonds is 6. The lowest BCUT2D eigenvalue weighted by atomic mass is 10.3. The number of amides is 1. The SMILES string of the molecule is COCCOCC(=O)Nc1cccc(O)c1. The summed E-state index contributed by atoms with van der Waals surface area (Å²) >= 11 is 0. The van der Waals surface area contributed by atoms with E-state index in [1.165, 1.54) is 12.1 Å². The van der Waals surface area contributed by atoms with E-state index in [9.17, 15) is 9.90 Å². The molecule has 0 spiro atoms. The number of ether oxygens (including phenoxy) is 2. The Morgan fingerprint density at radius 3 is 2.94 bits per heavy atom. The summed E-state index contributed by atoms with van der Waals surface area (Å²) in [6.07, 6.45) is 0. The van der Waals surface area contributed by atoms with Crippen LogP contribution in [-0.4, -0.2) is 37.9 Å². The molecule has 16 heavy (non-hydrogen) atoms. The smallest absolute Gasteiger partial charge is 0.250 e. The van der Waals surface area contributed by atoms with E-state index < -0.39 is 0 Å². The highest BCUT2D eigenvalue weighted by atomic mass is 16.5. The monoisotopic (exact) mass is 225 g/mol. The lowest BCUT2D eigenvalue weighted by Crippen LogP contribution is -2.19. The molecule has 0 atom stereocenters. The highest BCUT2D eigenvalue weighted by Crippen LogP contribution is 2.14. The molecule has 1 aromatic carbocycles. The largest absolute Gasteiger partial charge is 0.508 e. The van der Waals surface area contributed by atoms with Gasteiger partial charge in [0.2, 0.25) is 5.91 Å². The third-order valence-corrected chi connectivity index (χ3v) is 1.79. The Hall–Kier alpha value is -1.59. The van der Waals surface area contributed by atoms with E-state index in [2.05, 4.69) is 5.32 Å². The molecule has 1 rings (SSSR count). The van der Waals surface area contributed by atoms with Gasteiger partial charge in [-0.1, -0.05) is 6.07 Å². The molecule has 0 radical (unpaired) electrons. The van der Waals surface area contributed by atoms with Crippen molar-refractivity contribution in [2.75, 3.05) is 32.2 Å². The number of methoxy groups -OCH3 is 1. The molecule has 0 bridgehead atoms. The first-order valence-electron chi connectivity index (χ1n) is 4.88. The lowest BCUT2D eigenvalue weighted by molar-refractivity contribution is -0.121. The molecule has 0 aliphatic carbocycles. The molecular weight excluding hydrogens is 210 g/mol. The molecule has 2 N–H and O–H groups in total. The molecule has 0 unspecified atom stereocenters. The number of aromatic hydroxyl groups is 1. The number of nitrogens with one attached hydrogen (secondary N) is 1. The molecule has 0 aliphatic heterocycles. The first-order valence-corrected chi connectivity index (χ1v) is 4.88. The van der Waals surface area contributed by atoms with Crippen LogP contribution in [0.25, 0.3) is 0 Å². The number of carbonyl (C=O) groups is 1. The van der Waals surface area contributed by atoms with E-state index in [1.54, 1.807) is 19.2 Å². The van der Waals surface area contributed by atoms with Crippen molar-refractivity contribution in [3.8, 4) is 5.75 Å². The lowest BCUT2D eigenvalue weighted by Gasteiger charge is -2.06. The average molecular weight is 225 g/mol. The van der Waals surface area contributed by atoms with Crippen LogP contribution in [-0.2, 0) is 14.3 Å². The van der Waals surface area contributed by atoms with Crippen LogP contribution >= 0.6 is 0 Å². The van der Waals surface area contributed by atoms with Crippen molar-refractivity contribution in [3.05, 3.63) is 24.3 Å². The van der Waals surface area contributed by atoms with Gasteiger partial charge in [0.15, 0.2) is 0 Å². The Balaban J connectivity index is 2.29. The molecule has 0 aromatic heterocycles. The fourth-order valence-corrected chi connectivity index (χ4v) is 1.09. The predicted octanol–water partition coefficient (Wildman–Crippen LogP) is 0.994. The number of benzene rings is 1. The number of phenols is 1. The molecule has 0 fully saturated rings. The van der Waals surface area contributed by atoms with Crippen LogP contribution in [0.15, 0.2) is 24.3 Å². The van der Waals surface area contributed by atoms with Gasteiger partial charge in [-0.15, -0.1) is 0 Å². The normalized spacial score (nSPS) is 10.1. The van der Waals surface area contributed by atoms with Gasteiger partial charge in [0, 0.05) is 18.9 Å². The minimum atomic E-state index is -0.262. The van der Waals surface area contributed by atoms with Gasteiger partial charge >= 0.3 is 0 Å². The molecule has 0 saturated carbocycles. The Labute approximate surface area is 94.0 Å². The van der Waals surface area contributed by atoms with Gasteiger partial charge in [0.1, 0.15) is 12.4 Å². The van der Waals surface area contributed by atoms with Crippen LogP contribution in [0.1, 0.15) is 0 Å². The molecule has 5 heteroatoms. The Bertz CT molecular complexity index is 341. The van der Waals surface area contributed by atoms with Crippen LogP contribution in [0.5, 0.6) is 5.75 Å². The summed E-state index contributed by atoms with van der Waals surface area (Å²) in [5.41, 5.74) is 0.542. The maximum Gasteiger partial charge on any atom is 0.250 e. The van der Waals surface area contributed by atoms with Gasteiger partial charge in [-0.25, -0.2) is 0 Å². The third-order valence-electron chi connectivity index (χ3n) is 1.79. The fraction of sp³-hybridized carbons (Fsp3) is 0.364. The summed E-state index contributed by atoms with van der Waals surface area (Å²) in [6.45, 7) is 0.808. The first kappa shape index (κ1) is 12.5. The Morgan fingerprint density at radius 1 is 1.44 bits per heavy atom. The first-order chi connectivity index (χ1) is 7.72. The molecule has 1 aromatic rings. The molecule has 0 heterocycles. The van der Waals surface area contributed by atoms with Crippen molar-refractivity contribution in [2.24, 2.45) is 0 Å². The van der Waals surface area contributed by atoms with Gasteiger partial charge in [0.25, 0.3) is 0 Å². The van der Waals surface area contributed by atoms with E-state index in [4.69, 9.17) is 9.47 Å². The fourth-order valence-electron chi connectivity index (χ4n) is 1.09. The number of carbonyl (C=O) groups excluding carboxylic acids is 1. The zero-order valence-corrected chi connectivity index (χ0v) is 9.10. The van der Waals surface area contributed by atoms with Crippen molar-refractivity contribution in [1.82, 2.24) is 0 Å². The molecule has 0 saturated heterocycles. The van der Waals surface area contributed by atoms with Crippen molar-refractivity contribution >= 4 is 11.6 Å². The summed E-state index contributed by atoms with van der Waals surface area (Å²) in [4.78, 5) is 11.3. The number of phenolic OH excluding ortho intramolecular Hbond substituents is 1. The maximum absolute atomic E-state index is 11.3.